The molecular weight excluding hydrogens is 784 g/mol. The summed E-state index contributed by atoms with van der Waals surface area (Å²) in [5.74, 6) is 0. The topological polar surface area (TPSA) is 6.48 Å². The summed E-state index contributed by atoms with van der Waals surface area (Å²) in [5, 5.41) is 0. The fourth-order valence-corrected chi connectivity index (χ4v) is 14.7. The maximum atomic E-state index is 2.74. The van der Waals surface area contributed by atoms with Crippen LogP contribution in [0, 0.1) is 6.92 Å². The predicted octanol–water partition coefficient (Wildman–Crippen LogP) is 14.9. The molecule has 0 aromatic heterocycles. The van der Waals surface area contributed by atoms with Crippen LogP contribution in [0.2, 0.25) is 0 Å². The Bertz CT molecular complexity index is 3020. The van der Waals surface area contributed by atoms with E-state index < -0.39 is 0 Å². The summed E-state index contributed by atoms with van der Waals surface area (Å²) in [4.78, 5) is 5.42. The summed E-state index contributed by atoms with van der Waals surface area (Å²) in [5.41, 5.74) is 26.6. The molecule has 0 saturated heterocycles. The number of hydrogen-bond acceptors (Lipinski definition) is 2. The van der Waals surface area contributed by atoms with Gasteiger partial charge in [0.2, 0.25) is 0 Å². The fourth-order valence-electron chi connectivity index (χ4n) is 14.7. The van der Waals surface area contributed by atoms with Crippen molar-refractivity contribution >= 4 is 57.2 Å². The zero-order chi connectivity index (χ0) is 46.3. The van der Waals surface area contributed by atoms with Gasteiger partial charge in [-0.05, 0) is 179 Å². The second-order valence-electron chi connectivity index (χ2n) is 26.1. The number of aryl methyl sites for hydroxylation is 1. The highest BCUT2D eigenvalue weighted by Gasteiger charge is 2.50. The quantitative estimate of drug-likeness (QED) is 0.163. The third-order valence-corrected chi connectivity index (χ3v) is 17.0. The smallest absolute Gasteiger partial charge is 0.252 e. The number of rotatable bonds is 3. The van der Waals surface area contributed by atoms with Crippen LogP contribution < -0.4 is 26.2 Å². The summed E-state index contributed by atoms with van der Waals surface area (Å²) in [6.45, 7) is 39.2. The maximum Gasteiger partial charge on any atom is 0.252 e. The molecule has 0 unspecified atom stereocenters. The van der Waals surface area contributed by atoms with Gasteiger partial charge >= 0.3 is 0 Å². The van der Waals surface area contributed by atoms with Crippen molar-refractivity contribution in [2.24, 2.45) is 0 Å². The van der Waals surface area contributed by atoms with E-state index in [4.69, 9.17) is 0 Å². The van der Waals surface area contributed by atoms with Gasteiger partial charge in [0.05, 0.1) is 0 Å². The van der Waals surface area contributed by atoms with Gasteiger partial charge in [-0.25, -0.2) is 0 Å². The van der Waals surface area contributed by atoms with E-state index in [1.165, 1.54) is 106 Å². The number of anilines is 6. The molecule has 6 aromatic rings. The zero-order valence-corrected chi connectivity index (χ0v) is 42.4. The van der Waals surface area contributed by atoms with E-state index in [0.29, 0.717) is 0 Å². The van der Waals surface area contributed by atoms with Crippen LogP contribution in [0.5, 0.6) is 0 Å². The molecule has 0 amide bonds. The van der Waals surface area contributed by atoms with Gasteiger partial charge in [0, 0.05) is 34.1 Å². The Morgan fingerprint density at radius 1 is 0.415 bits per heavy atom. The standard InChI is InChI=1S/C62H71BN2/c1-37-26-43-46(61(13,14)35-58(43,7)8)32-50(37)65-52-33-47-45(60(11,12)36-62(47,15)16)31-49(52)63-48-25-22-39(38-20-18-17-19-21-38)27-51(48)64(53-28-40(56(2,3)4)29-54(65)55(53)63)41-23-24-42-44(30-41)59(9,10)34-57(42,5)6/h17-33H,34-36H2,1-16H3. The van der Waals surface area contributed by atoms with Crippen LogP contribution in [0.25, 0.3) is 11.1 Å². The van der Waals surface area contributed by atoms with E-state index in [0.717, 1.165) is 19.3 Å². The summed E-state index contributed by atoms with van der Waals surface area (Å²) in [6.07, 6.45) is 3.42. The molecule has 2 aliphatic heterocycles. The molecule has 11 rings (SSSR count). The number of fused-ring (bicyclic) bond motifs is 7. The van der Waals surface area contributed by atoms with Crippen molar-refractivity contribution in [3.8, 4) is 11.1 Å². The Balaban J connectivity index is 1.28. The molecule has 2 nitrogen and oxygen atoms in total. The van der Waals surface area contributed by atoms with Gasteiger partial charge in [-0.3, -0.25) is 0 Å². The van der Waals surface area contributed by atoms with Gasteiger partial charge < -0.3 is 9.80 Å². The Hall–Kier alpha value is -5.02. The molecule has 0 N–H and O–H groups in total. The van der Waals surface area contributed by atoms with Crippen LogP contribution in [0.4, 0.5) is 34.1 Å². The minimum Gasteiger partial charge on any atom is -0.311 e. The molecule has 0 atom stereocenters. The summed E-state index contributed by atoms with van der Waals surface area (Å²) in [7, 11) is 0. The second-order valence-corrected chi connectivity index (χ2v) is 26.1. The van der Waals surface area contributed by atoms with Crippen molar-refractivity contribution in [2.45, 2.75) is 168 Å². The molecule has 332 valence electrons. The largest absolute Gasteiger partial charge is 0.311 e. The van der Waals surface area contributed by atoms with Crippen LogP contribution in [0.15, 0.2) is 103 Å². The van der Waals surface area contributed by atoms with Crippen LogP contribution in [0.1, 0.15) is 168 Å². The Labute approximate surface area is 392 Å². The molecule has 0 bridgehead atoms. The normalized spacial score (nSPS) is 20.5. The number of nitrogens with zero attached hydrogens (tertiary/aromatic N) is 2. The number of hydrogen-bond donors (Lipinski definition) is 0. The molecule has 5 aliphatic rings. The van der Waals surface area contributed by atoms with Gasteiger partial charge in [-0.1, -0.05) is 165 Å². The van der Waals surface area contributed by atoms with Crippen molar-refractivity contribution in [3.05, 3.63) is 148 Å². The fraction of sp³-hybridized carbons (Fsp3) is 0.419. The van der Waals surface area contributed by atoms with Crippen LogP contribution >= 0.6 is 0 Å². The van der Waals surface area contributed by atoms with E-state index in [9.17, 15) is 0 Å². The number of benzene rings is 6. The highest BCUT2D eigenvalue weighted by Crippen LogP contribution is 2.57. The monoisotopic (exact) mass is 855 g/mol. The Morgan fingerprint density at radius 3 is 1.49 bits per heavy atom. The molecule has 0 fully saturated rings. The van der Waals surface area contributed by atoms with E-state index in [-0.39, 0.29) is 44.6 Å². The second kappa shape index (κ2) is 13.1. The van der Waals surface area contributed by atoms with Crippen LogP contribution in [0.3, 0.4) is 0 Å². The lowest BCUT2D eigenvalue weighted by Gasteiger charge is -2.46. The van der Waals surface area contributed by atoms with E-state index in [1.54, 1.807) is 0 Å². The first kappa shape index (κ1) is 42.6. The van der Waals surface area contributed by atoms with Gasteiger partial charge in [0.25, 0.3) is 6.71 Å². The molecule has 0 spiro atoms. The molecule has 65 heavy (non-hydrogen) atoms. The lowest BCUT2D eigenvalue weighted by atomic mass is 9.33. The molecule has 0 saturated carbocycles. The van der Waals surface area contributed by atoms with Crippen molar-refractivity contribution in [1.82, 2.24) is 0 Å². The first-order chi connectivity index (χ1) is 30.2. The van der Waals surface area contributed by atoms with Gasteiger partial charge in [-0.2, -0.15) is 0 Å². The first-order valence-corrected chi connectivity index (χ1v) is 24.7. The van der Waals surface area contributed by atoms with Crippen molar-refractivity contribution in [1.29, 1.82) is 0 Å². The van der Waals surface area contributed by atoms with Gasteiger partial charge in [-0.15, -0.1) is 0 Å². The SMILES string of the molecule is Cc1cc2c(cc1N1c3cc4c(cc3B3c5ccc(-c6ccccc6)cc5N(c5ccc6c(c5)C(C)(C)CC6(C)C)c5cc(C(C)(C)C)cc1c53)C(C)(C)CC4(C)C)C(C)(C)CC2(C)C. The van der Waals surface area contributed by atoms with Gasteiger partial charge in [0.15, 0.2) is 0 Å². The average molecular weight is 855 g/mol. The Kier molecular flexibility index (Phi) is 8.60. The van der Waals surface area contributed by atoms with E-state index in [2.05, 4.69) is 224 Å². The Morgan fingerprint density at radius 2 is 0.908 bits per heavy atom. The lowest BCUT2D eigenvalue weighted by molar-refractivity contribution is 0.402. The summed E-state index contributed by atoms with van der Waals surface area (Å²) in [6, 6.07) is 41.6. The lowest BCUT2D eigenvalue weighted by Crippen LogP contribution is -2.61. The molecule has 2 heterocycles. The summed E-state index contributed by atoms with van der Waals surface area (Å²) >= 11 is 0. The van der Waals surface area contributed by atoms with Crippen molar-refractivity contribution in [2.75, 3.05) is 9.80 Å². The first-order valence-electron chi connectivity index (χ1n) is 24.7. The predicted molar refractivity (Wildman–Crippen MR) is 281 cm³/mol. The third kappa shape index (κ3) is 6.11. The van der Waals surface area contributed by atoms with Gasteiger partial charge in [0.1, 0.15) is 0 Å². The van der Waals surface area contributed by atoms with Crippen molar-refractivity contribution < 1.29 is 0 Å². The van der Waals surface area contributed by atoms with E-state index >= 15 is 0 Å². The molecule has 0 radical (unpaired) electrons. The molecular formula is C62H71BN2. The average Bonchev–Trinajstić information content (AvgIpc) is 3.61. The third-order valence-electron chi connectivity index (χ3n) is 17.0. The van der Waals surface area contributed by atoms with Crippen LogP contribution in [-0.4, -0.2) is 6.71 Å². The minimum absolute atomic E-state index is 0.0519. The van der Waals surface area contributed by atoms with Crippen LogP contribution in [-0.2, 0) is 37.9 Å². The molecule has 3 heteroatoms. The molecule has 6 aromatic carbocycles. The highest BCUT2D eigenvalue weighted by atomic mass is 15.2. The maximum absolute atomic E-state index is 2.74. The highest BCUT2D eigenvalue weighted by molar-refractivity contribution is 7.00. The molecule has 3 aliphatic carbocycles. The minimum atomic E-state index is -0.0995. The summed E-state index contributed by atoms with van der Waals surface area (Å²) < 4.78 is 0. The van der Waals surface area contributed by atoms with E-state index in [1.807, 2.05) is 0 Å². The zero-order valence-electron chi connectivity index (χ0n) is 42.4. The van der Waals surface area contributed by atoms with Crippen molar-refractivity contribution in [3.63, 3.8) is 0 Å².